The number of carbonyl (C=O) groups excluding carboxylic acids is 3. The largest absolute Gasteiger partial charge is 0.462 e. The number of allylic oxidation sites excluding steroid dienone is 8. The van der Waals surface area contributed by atoms with Crippen LogP contribution in [-0.2, 0) is 28.6 Å². The molecule has 0 saturated heterocycles. The summed E-state index contributed by atoms with van der Waals surface area (Å²) in [6.45, 7) is 6.64. The Morgan fingerprint density at radius 1 is 0.253 bits per heavy atom. The second kappa shape index (κ2) is 67.9. The van der Waals surface area contributed by atoms with E-state index in [4.69, 9.17) is 14.2 Å². The van der Waals surface area contributed by atoms with Gasteiger partial charge in [-0.15, -0.1) is 0 Å². The zero-order valence-electron chi connectivity index (χ0n) is 53.2. The van der Waals surface area contributed by atoms with E-state index in [-0.39, 0.29) is 31.1 Å². The molecular formula is C73H134O6. The van der Waals surface area contributed by atoms with E-state index in [2.05, 4.69) is 69.4 Å². The first-order valence-electron chi connectivity index (χ1n) is 35.1. The van der Waals surface area contributed by atoms with Crippen LogP contribution >= 0.6 is 0 Å². The standard InChI is InChI=1S/C73H134O6/c1-4-7-10-13-16-19-22-24-26-28-30-32-34-35-36-37-39-40-42-44-46-48-51-54-57-60-63-66-72(75)78-69-70(68-77-71(74)65-62-59-56-53-50-21-18-15-12-9-6-3)79-73(76)67-64-61-58-55-52-49-47-45-43-41-38-33-31-29-27-25-23-20-17-14-11-8-5-2/h15,18,22,24,28-31,70H,4-14,16-17,19-21,23,25-27,32-69H2,1-3H3/b18-15-,24-22-,30-28-,31-29-. The van der Waals surface area contributed by atoms with Gasteiger partial charge in [-0.1, -0.05) is 313 Å². The third kappa shape index (κ3) is 66.1. The van der Waals surface area contributed by atoms with Crippen LogP contribution in [0, 0.1) is 0 Å². The lowest BCUT2D eigenvalue weighted by molar-refractivity contribution is -0.167. The Morgan fingerprint density at radius 2 is 0.468 bits per heavy atom. The molecule has 462 valence electrons. The van der Waals surface area contributed by atoms with Crippen molar-refractivity contribution in [2.45, 2.75) is 386 Å². The van der Waals surface area contributed by atoms with Gasteiger partial charge in [0.2, 0.25) is 0 Å². The normalized spacial score (nSPS) is 12.3. The Bertz CT molecular complexity index is 1360. The third-order valence-corrected chi connectivity index (χ3v) is 15.8. The lowest BCUT2D eigenvalue weighted by atomic mass is 10.0. The van der Waals surface area contributed by atoms with Crippen molar-refractivity contribution in [3.05, 3.63) is 48.6 Å². The van der Waals surface area contributed by atoms with Gasteiger partial charge in [0.05, 0.1) is 0 Å². The van der Waals surface area contributed by atoms with Crippen molar-refractivity contribution in [2.24, 2.45) is 0 Å². The summed E-state index contributed by atoms with van der Waals surface area (Å²) in [6, 6.07) is 0. The molecule has 0 aliphatic carbocycles. The first kappa shape index (κ1) is 76.4. The van der Waals surface area contributed by atoms with Crippen LogP contribution in [0.15, 0.2) is 48.6 Å². The quantitative estimate of drug-likeness (QED) is 0.0261. The van der Waals surface area contributed by atoms with Crippen molar-refractivity contribution < 1.29 is 28.6 Å². The summed E-state index contributed by atoms with van der Waals surface area (Å²) >= 11 is 0. The van der Waals surface area contributed by atoms with Crippen molar-refractivity contribution in [3.63, 3.8) is 0 Å². The molecule has 0 saturated carbocycles. The molecule has 0 aliphatic heterocycles. The number of rotatable bonds is 65. The summed E-state index contributed by atoms with van der Waals surface area (Å²) in [5.41, 5.74) is 0. The van der Waals surface area contributed by atoms with Gasteiger partial charge in [-0.25, -0.2) is 0 Å². The highest BCUT2D eigenvalue weighted by Gasteiger charge is 2.19. The molecule has 0 heterocycles. The van der Waals surface area contributed by atoms with E-state index in [9.17, 15) is 14.4 Å². The van der Waals surface area contributed by atoms with E-state index < -0.39 is 6.10 Å². The van der Waals surface area contributed by atoms with E-state index >= 15 is 0 Å². The Balaban J connectivity index is 4.18. The Morgan fingerprint density at radius 3 is 0.747 bits per heavy atom. The second-order valence-corrected chi connectivity index (χ2v) is 23.8. The first-order valence-corrected chi connectivity index (χ1v) is 35.1. The maximum absolute atomic E-state index is 12.9. The van der Waals surface area contributed by atoms with Crippen molar-refractivity contribution in [1.29, 1.82) is 0 Å². The topological polar surface area (TPSA) is 78.9 Å². The monoisotopic (exact) mass is 1110 g/mol. The maximum Gasteiger partial charge on any atom is 0.306 e. The lowest BCUT2D eigenvalue weighted by Crippen LogP contribution is -2.30. The molecule has 0 bridgehead atoms. The van der Waals surface area contributed by atoms with Gasteiger partial charge in [0.1, 0.15) is 13.2 Å². The van der Waals surface area contributed by atoms with Crippen LogP contribution in [0.4, 0.5) is 0 Å². The van der Waals surface area contributed by atoms with Crippen LogP contribution in [0.5, 0.6) is 0 Å². The fourth-order valence-corrected chi connectivity index (χ4v) is 10.5. The Hall–Kier alpha value is -2.63. The zero-order chi connectivity index (χ0) is 57.1. The van der Waals surface area contributed by atoms with Crippen LogP contribution in [0.25, 0.3) is 0 Å². The number of ether oxygens (including phenoxy) is 3. The van der Waals surface area contributed by atoms with Gasteiger partial charge < -0.3 is 14.2 Å². The van der Waals surface area contributed by atoms with Crippen LogP contribution in [0.1, 0.15) is 380 Å². The summed E-state index contributed by atoms with van der Waals surface area (Å²) in [5, 5.41) is 0. The molecular weight excluding hydrogens is 973 g/mol. The van der Waals surface area contributed by atoms with Crippen LogP contribution in [-0.4, -0.2) is 37.2 Å². The van der Waals surface area contributed by atoms with Crippen molar-refractivity contribution in [1.82, 2.24) is 0 Å². The molecule has 1 unspecified atom stereocenters. The SMILES string of the molecule is CCCC/C=C\CCCCCCCC(=O)OCC(COC(=O)CCCCCCCCCCCCCCCCC/C=C\C/C=C\CCCCCCC)OC(=O)CCCCCCCCCCCCC/C=C\CCCCCCCCCC. The molecule has 6 heteroatoms. The fourth-order valence-electron chi connectivity index (χ4n) is 10.5. The summed E-state index contributed by atoms with van der Waals surface area (Å²) in [6.07, 6.45) is 85.7. The predicted molar refractivity (Wildman–Crippen MR) is 344 cm³/mol. The molecule has 1 atom stereocenters. The van der Waals surface area contributed by atoms with E-state index in [1.165, 1.54) is 270 Å². The van der Waals surface area contributed by atoms with E-state index in [0.717, 1.165) is 70.6 Å². The van der Waals surface area contributed by atoms with Crippen molar-refractivity contribution in [3.8, 4) is 0 Å². The van der Waals surface area contributed by atoms with Crippen LogP contribution in [0.3, 0.4) is 0 Å². The minimum absolute atomic E-state index is 0.0726. The lowest BCUT2D eigenvalue weighted by Gasteiger charge is -2.18. The fraction of sp³-hybridized carbons (Fsp3) is 0.849. The molecule has 79 heavy (non-hydrogen) atoms. The van der Waals surface area contributed by atoms with Crippen LogP contribution in [0.2, 0.25) is 0 Å². The van der Waals surface area contributed by atoms with Gasteiger partial charge in [0.15, 0.2) is 6.10 Å². The van der Waals surface area contributed by atoms with E-state index in [0.29, 0.717) is 19.3 Å². The number of hydrogen-bond acceptors (Lipinski definition) is 6. The van der Waals surface area contributed by atoms with Gasteiger partial charge in [-0.3, -0.25) is 14.4 Å². The molecule has 0 aromatic rings. The average molecular weight is 1110 g/mol. The highest BCUT2D eigenvalue weighted by molar-refractivity contribution is 5.71. The van der Waals surface area contributed by atoms with Gasteiger partial charge in [0, 0.05) is 19.3 Å². The van der Waals surface area contributed by atoms with Gasteiger partial charge in [0.25, 0.3) is 0 Å². The molecule has 0 amide bonds. The second-order valence-electron chi connectivity index (χ2n) is 23.8. The minimum Gasteiger partial charge on any atom is -0.462 e. The Labute approximate surface area is 492 Å². The van der Waals surface area contributed by atoms with Crippen molar-refractivity contribution in [2.75, 3.05) is 13.2 Å². The Kier molecular flexibility index (Phi) is 65.6. The molecule has 0 aliphatic rings. The molecule has 0 aromatic heterocycles. The predicted octanol–water partition coefficient (Wildman–Crippen LogP) is 24.1. The summed E-state index contributed by atoms with van der Waals surface area (Å²) in [4.78, 5) is 38.3. The highest BCUT2D eigenvalue weighted by atomic mass is 16.6. The molecule has 6 nitrogen and oxygen atoms in total. The maximum atomic E-state index is 12.9. The molecule has 0 spiro atoms. The number of esters is 3. The molecule has 0 fully saturated rings. The zero-order valence-corrected chi connectivity index (χ0v) is 53.2. The smallest absolute Gasteiger partial charge is 0.306 e. The summed E-state index contributed by atoms with van der Waals surface area (Å²) in [7, 11) is 0. The first-order chi connectivity index (χ1) is 39.0. The average Bonchev–Trinajstić information content (AvgIpc) is 3.45. The van der Waals surface area contributed by atoms with Crippen molar-refractivity contribution >= 4 is 17.9 Å². The van der Waals surface area contributed by atoms with E-state index in [1.807, 2.05) is 0 Å². The third-order valence-electron chi connectivity index (χ3n) is 15.8. The van der Waals surface area contributed by atoms with Gasteiger partial charge in [-0.05, 0) is 96.3 Å². The van der Waals surface area contributed by atoms with Gasteiger partial charge in [-0.2, -0.15) is 0 Å². The highest BCUT2D eigenvalue weighted by Crippen LogP contribution is 2.18. The van der Waals surface area contributed by atoms with E-state index in [1.54, 1.807) is 0 Å². The van der Waals surface area contributed by atoms with Crippen LogP contribution < -0.4 is 0 Å². The number of hydrogen-bond donors (Lipinski definition) is 0. The summed E-state index contributed by atoms with van der Waals surface area (Å²) in [5.74, 6) is -0.861. The van der Waals surface area contributed by atoms with Gasteiger partial charge >= 0.3 is 17.9 Å². The number of carbonyl (C=O) groups is 3. The molecule has 0 rings (SSSR count). The number of unbranched alkanes of at least 4 members (excludes halogenated alkanes) is 46. The summed E-state index contributed by atoms with van der Waals surface area (Å²) < 4.78 is 17.0. The molecule has 0 radical (unpaired) electrons. The minimum atomic E-state index is -0.776. The molecule has 0 aromatic carbocycles. The molecule has 0 N–H and O–H groups in total.